The molecule has 2 aromatic carbocycles. The van der Waals surface area contributed by atoms with Gasteiger partial charge in [-0.15, -0.1) is 11.8 Å². The second-order valence-electron chi connectivity index (χ2n) is 7.61. The summed E-state index contributed by atoms with van der Waals surface area (Å²) in [4.78, 5) is 14.5. The van der Waals surface area contributed by atoms with Crippen molar-refractivity contribution in [3.8, 4) is 11.5 Å². The molecule has 2 aliphatic heterocycles. The summed E-state index contributed by atoms with van der Waals surface area (Å²) in [5, 5.41) is 3.33. The minimum atomic E-state index is -4.42. The van der Waals surface area contributed by atoms with Gasteiger partial charge in [-0.2, -0.15) is 13.2 Å². The van der Waals surface area contributed by atoms with Gasteiger partial charge in [0.05, 0.1) is 11.3 Å². The Morgan fingerprint density at radius 1 is 1.17 bits per heavy atom. The molecule has 1 N–H and O–H groups in total. The number of hydrogen-bond acceptors (Lipinski definition) is 4. The zero-order valence-corrected chi connectivity index (χ0v) is 17.3. The minimum Gasteiger partial charge on any atom is -0.457 e. The predicted molar refractivity (Wildman–Crippen MR) is 110 cm³/mol. The third-order valence-electron chi connectivity index (χ3n) is 5.57. The van der Waals surface area contributed by atoms with Gasteiger partial charge < -0.3 is 15.0 Å². The van der Waals surface area contributed by atoms with Gasteiger partial charge in [-0.1, -0.05) is 18.2 Å². The molecule has 0 radical (unpaired) electrons. The van der Waals surface area contributed by atoms with Gasteiger partial charge in [0.2, 0.25) is 5.91 Å². The monoisotopic (exact) mass is 436 g/mol. The van der Waals surface area contributed by atoms with Crippen LogP contribution in [0.15, 0.2) is 48.5 Å². The van der Waals surface area contributed by atoms with Crippen LogP contribution in [0.3, 0.4) is 0 Å². The Morgan fingerprint density at radius 2 is 1.90 bits per heavy atom. The van der Waals surface area contributed by atoms with Crippen LogP contribution in [0.1, 0.15) is 36.3 Å². The van der Waals surface area contributed by atoms with Crippen molar-refractivity contribution in [1.82, 2.24) is 10.2 Å². The van der Waals surface area contributed by atoms with Crippen molar-refractivity contribution >= 4 is 17.7 Å². The summed E-state index contributed by atoms with van der Waals surface area (Å²) in [6.07, 6.45) is -2.27. The highest BCUT2D eigenvalue weighted by molar-refractivity contribution is 8.00. The Kier molecular flexibility index (Phi) is 5.97. The maximum atomic E-state index is 13.0. The fourth-order valence-electron chi connectivity index (χ4n) is 4.05. The fourth-order valence-corrected chi connectivity index (χ4v) is 5.31. The van der Waals surface area contributed by atoms with E-state index in [1.807, 2.05) is 11.0 Å². The molecule has 30 heavy (non-hydrogen) atoms. The third-order valence-corrected chi connectivity index (χ3v) is 6.79. The molecular weight excluding hydrogens is 413 g/mol. The number of amides is 1. The molecule has 160 valence electrons. The lowest BCUT2D eigenvalue weighted by Gasteiger charge is -2.34. The lowest BCUT2D eigenvalue weighted by molar-refractivity contribution is -0.137. The number of halogens is 3. The Bertz CT molecular complexity index is 915. The van der Waals surface area contributed by atoms with Gasteiger partial charge in [0.1, 0.15) is 16.9 Å². The summed E-state index contributed by atoms with van der Waals surface area (Å²) in [7, 11) is 0. The Hall–Kier alpha value is -2.19. The van der Waals surface area contributed by atoms with Crippen LogP contribution < -0.4 is 10.1 Å². The van der Waals surface area contributed by atoms with Crippen molar-refractivity contribution in [3.05, 3.63) is 59.7 Å². The molecule has 0 bridgehead atoms. The molecule has 0 saturated carbocycles. The van der Waals surface area contributed by atoms with E-state index in [4.69, 9.17) is 4.74 Å². The van der Waals surface area contributed by atoms with E-state index in [1.165, 1.54) is 12.1 Å². The molecule has 2 saturated heterocycles. The summed E-state index contributed by atoms with van der Waals surface area (Å²) >= 11 is 1.56. The number of ether oxygens (including phenoxy) is 1. The van der Waals surface area contributed by atoms with Crippen molar-refractivity contribution < 1.29 is 22.7 Å². The molecule has 4 nitrogen and oxygen atoms in total. The van der Waals surface area contributed by atoms with Crippen molar-refractivity contribution in [1.29, 1.82) is 0 Å². The van der Waals surface area contributed by atoms with Crippen LogP contribution in [0, 0.1) is 0 Å². The number of nitrogens with one attached hydrogen (secondary N) is 1. The van der Waals surface area contributed by atoms with E-state index in [1.54, 1.807) is 30.0 Å². The largest absolute Gasteiger partial charge is 0.457 e. The van der Waals surface area contributed by atoms with Crippen LogP contribution in [0.2, 0.25) is 0 Å². The van der Waals surface area contributed by atoms with Gasteiger partial charge >= 0.3 is 6.18 Å². The normalized spacial score (nSPS) is 23.1. The van der Waals surface area contributed by atoms with Gasteiger partial charge in [-0.3, -0.25) is 4.79 Å². The second-order valence-corrected chi connectivity index (χ2v) is 8.68. The number of alkyl halides is 3. The van der Waals surface area contributed by atoms with Crippen molar-refractivity contribution in [2.45, 2.75) is 43.4 Å². The zero-order valence-electron chi connectivity index (χ0n) is 16.5. The van der Waals surface area contributed by atoms with Crippen LogP contribution in [-0.4, -0.2) is 35.2 Å². The number of carbonyl (C=O) groups excluding carboxylic acids is 1. The molecule has 2 aliphatic rings. The lowest BCUT2D eigenvalue weighted by atomic mass is 10.1. The summed E-state index contributed by atoms with van der Waals surface area (Å²) in [6, 6.07) is 12.4. The molecule has 3 unspecified atom stereocenters. The second kappa shape index (κ2) is 8.51. The summed E-state index contributed by atoms with van der Waals surface area (Å²) < 4.78 is 44.6. The first kappa shape index (κ1) is 21.1. The number of benzene rings is 2. The molecule has 1 amide bonds. The lowest BCUT2D eigenvalue weighted by Crippen LogP contribution is -2.47. The van der Waals surface area contributed by atoms with E-state index in [-0.39, 0.29) is 29.1 Å². The average Bonchev–Trinajstić information content (AvgIpc) is 3.37. The smallest absolute Gasteiger partial charge is 0.416 e. The summed E-state index contributed by atoms with van der Waals surface area (Å²) in [6.45, 7) is 3.04. The van der Waals surface area contributed by atoms with Crippen LogP contribution in [0.5, 0.6) is 11.5 Å². The number of hydrogen-bond donors (Lipinski definition) is 1. The molecule has 0 aliphatic carbocycles. The predicted octanol–water partition coefficient (Wildman–Crippen LogP) is 5.21. The van der Waals surface area contributed by atoms with Gasteiger partial charge in [0.15, 0.2) is 0 Å². The fraction of sp³-hybridized carbons (Fsp3) is 0.409. The van der Waals surface area contributed by atoms with E-state index in [2.05, 4.69) is 12.2 Å². The Morgan fingerprint density at radius 3 is 2.60 bits per heavy atom. The number of thioether (sulfide) groups is 1. The van der Waals surface area contributed by atoms with Gasteiger partial charge in [0.25, 0.3) is 0 Å². The van der Waals surface area contributed by atoms with Crippen LogP contribution in [0.25, 0.3) is 0 Å². The van der Waals surface area contributed by atoms with Crippen LogP contribution >= 0.6 is 11.8 Å². The minimum absolute atomic E-state index is 0.0630. The van der Waals surface area contributed by atoms with Crippen LogP contribution in [-0.2, 0) is 11.0 Å². The molecule has 8 heteroatoms. The highest BCUT2D eigenvalue weighted by Crippen LogP contribution is 2.42. The Labute approximate surface area is 177 Å². The van der Waals surface area contributed by atoms with Crippen molar-refractivity contribution in [2.75, 3.05) is 12.3 Å². The van der Waals surface area contributed by atoms with Gasteiger partial charge in [-0.25, -0.2) is 0 Å². The highest BCUT2D eigenvalue weighted by atomic mass is 32.2. The van der Waals surface area contributed by atoms with E-state index in [9.17, 15) is 18.0 Å². The van der Waals surface area contributed by atoms with Gasteiger partial charge in [0, 0.05) is 12.1 Å². The standard InChI is InChI=1S/C22H23F3N2O2S/c1-14(19-9-4-10-26-19)27-20(28)13-30-21(27)15-5-2-7-17(11-15)29-18-8-3-6-16(12-18)22(23,24)25/h2-3,5-8,11-12,14,19,21,26H,4,9-10,13H2,1H3. The van der Waals surface area contributed by atoms with Crippen LogP contribution in [0.4, 0.5) is 13.2 Å². The maximum Gasteiger partial charge on any atom is 0.416 e. The number of nitrogens with zero attached hydrogens (tertiary/aromatic N) is 1. The molecule has 0 aromatic heterocycles. The van der Waals surface area contributed by atoms with Gasteiger partial charge in [-0.05, 0) is 62.2 Å². The first-order valence-electron chi connectivity index (χ1n) is 9.94. The van der Waals surface area contributed by atoms with E-state index >= 15 is 0 Å². The first-order valence-corrected chi connectivity index (χ1v) is 11.0. The topological polar surface area (TPSA) is 41.6 Å². The molecule has 2 fully saturated rings. The summed E-state index contributed by atoms with van der Waals surface area (Å²) in [5.74, 6) is 1.09. The third kappa shape index (κ3) is 4.44. The summed E-state index contributed by atoms with van der Waals surface area (Å²) in [5.41, 5.74) is 0.150. The Balaban J connectivity index is 1.55. The quantitative estimate of drug-likeness (QED) is 0.699. The van der Waals surface area contributed by atoms with E-state index in [0.29, 0.717) is 11.5 Å². The molecule has 0 spiro atoms. The van der Waals surface area contributed by atoms with Crippen molar-refractivity contribution in [2.24, 2.45) is 0 Å². The molecule has 2 heterocycles. The maximum absolute atomic E-state index is 13.0. The number of carbonyl (C=O) groups is 1. The molecule has 4 rings (SSSR count). The number of rotatable bonds is 5. The van der Waals surface area contributed by atoms with E-state index < -0.39 is 11.7 Å². The zero-order chi connectivity index (χ0) is 21.3. The first-order chi connectivity index (χ1) is 14.3. The van der Waals surface area contributed by atoms with Crippen molar-refractivity contribution in [3.63, 3.8) is 0 Å². The van der Waals surface area contributed by atoms with E-state index in [0.717, 1.165) is 37.1 Å². The molecule has 2 aromatic rings. The molecule has 3 atom stereocenters. The SMILES string of the molecule is CC(C1CCCN1)N1C(=O)CSC1c1cccc(Oc2cccc(C(F)(F)F)c2)c1. The molecular formula is C22H23F3N2O2S. The average molecular weight is 436 g/mol. The highest BCUT2D eigenvalue weighted by Gasteiger charge is 2.39.